The molecule has 2 heterocycles. The molecule has 9 heteroatoms. The number of carboxylic acids is 1. The number of sulfonamides is 1. The summed E-state index contributed by atoms with van der Waals surface area (Å²) in [5.41, 5.74) is 3.13. The third-order valence-corrected chi connectivity index (χ3v) is 7.20. The molecule has 2 aromatic carbocycles. The molecule has 2 aliphatic heterocycles. The molecule has 0 aromatic heterocycles. The molecule has 0 unspecified atom stereocenters. The van der Waals surface area contributed by atoms with Crippen molar-refractivity contribution < 1.29 is 23.1 Å². The van der Waals surface area contributed by atoms with Crippen LogP contribution < -0.4 is 9.04 Å². The number of carbonyl (C=O) groups is 1. The van der Waals surface area contributed by atoms with Crippen LogP contribution in [0.1, 0.15) is 24.0 Å². The van der Waals surface area contributed by atoms with Crippen LogP contribution in [-0.4, -0.2) is 62.9 Å². The van der Waals surface area contributed by atoms with Crippen molar-refractivity contribution in [1.82, 2.24) is 4.90 Å². The first-order chi connectivity index (χ1) is 14.7. The maximum atomic E-state index is 11.8. The van der Waals surface area contributed by atoms with Crippen LogP contribution in [0.15, 0.2) is 54.6 Å². The standard InChI is InChI=1S/C23H26N2O5S.ClH/c1-24(31(2,28)29)18-9-7-17(8-10-18)20-15-23(30-21-6-4-3-5-19(20)21)11-13-25(14-12-23)16-22(26)27;/h3-10,15H,11-14,16H2,1-2H3,(H,26,27);1H. The number of aliphatic carboxylic acids is 1. The van der Waals surface area contributed by atoms with Gasteiger partial charge in [0, 0.05) is 38.5 Å². The number of piperidine rings is 1. The van der Waals surface area contributed by atoms with Gasteiger partial charge in [-0.1, -0.05) is 30.3 Å². The number of likely N-dealkylation sites (tertiary alicyclic amines) is 1. The first-order valence-electron chi connectivity index (χ1n) is 10.2. The average Bonchev–Trinajstić information content (AvgIpc) is 2.74. The molecule has 0 bridgehead atoms. The Labute approximate surface area is 194 Å². The third kappa shape index (κ3) is 4.92. The van der Waals surface area contributed by atoms with Crippen molar-refractivity contribution in [3.8, 4) is 5.75 Å². The minimum absolute atomic E-state index is 0. The van der Waals surface area contributed by atoms with Crippen molar-refractivity contribution in [2.24, 2.45) is 0 Å². The second-order valence-electron chi connectivity index (χ2n) is 8.17. The normalized spacial score (nSPS) is 17.5. The van der Waals surface area contributed by atoms with Gasteiger partial charge in [0.25, 0.3) is 0 Å². The first kappa shape index (κ1) is 24.1. The van der Waals surface area contributed by atoms with Gasteiger partial charge in [0.15, 0.2) is 0 Å². The molecule has 0 saturated carbocycles. The number of carboxylic acid groups (broad SMARTS) is 1. The Hall–Kier alpha value is -2.55. The van der Waals surface area contributed by atoms with E-state index in [0.29, 0.717) is 31.6 Å². The van der Waals surface area contributed by atoms with Crippen molar-refractivity contribution in [2.75, 3.05) is 37.2 Å². The molecule has 4 rings (SSSR count). The minimum Gasteiger partial charge on any atom is -0.482 e. The Bertz CT molecular complexity index is 1120. The predicted molar refractivity (Wildman–Crippen MR) is 127 cm³/mol. The third-order valence-electron chi connectivity index (χ3n) is 6.00. The minimum atomic E-state index is -3.33. The van der Waals surface area contributed by atoms with E-state index < -0.39 is 21.6 Å². The summed E-state index contributed by atoms with van der Waals surface area (Å²) < 4.78 is 31.4. The van der Waals surface area contributed by atoms with Gasteiger partial charge in [-0.05, 0) is 35.4 Å². The van der Waals surface area contributed by atoms with Crippen LogP contribution >= 0.6 is 12.4 Å². The number of para-hydroxylation sites is 1. The van der Waals surface area contributed by atoms with Crippen LogP contribution in [0.2, 0.25) is 0 Å². The highest BCUT2D eigenvalue weighted by atomic mass is 35.5. The smallest absolute Gasteiger partial charge is 0.317 e. The summed E-state index contributed by atoms with van der Waals surface area (Å²) in [4.78, 5) is 13.0. The molecule has 1 N–H and O–H groups in total. The summed E-state index contributed by atoms with van der Waals surface area (Å²) in [7, 11) is -1.79. The Morgan fingerprint density at radius 1 is 1.12 bits per heavy atom. The molecule has 172 valence electrons. The SMILES string of the molecule is CN(c1ccc(C2=CC3(CCN(CC(=O)O)CC3)Oc3ccccc32)cc1)S(C)(=O)=O.Cl. The highest BCUT2D eigenvalue weighted by molar-refractivity contribution is 7.92. The molecule has 32 heavy (non-hydrogen) atoms. The first-order valence-corrected chi connectivity index (χ1v) is 12.0. The molecular weight excluding hydrogens is 452 g/mol. The van der Waals surface area contributed by atoms with Crippen LogP contribution in [-0.2, 0) is 14.8 Å². The molecule has 0 atom stereocenters. The van der Waals surface area contributed by atoms with Gasteiger partial charge < -0.3 is 9.84 Å². The zero-order chi connectivity index (χ0) is 22.2. The van der Waals surface area contributed by atoms with Crippen LogP contribution in [0.5, 0.6) is 5.75 Å². The van der Waals surface area contributed by atoms with E-state index in [9.17, 15) is 13.2 Å². The number of fused-ring (bicyclic) bond motifs is 1. The van der Waals surface area contributed by atoms with E-state index in [2.05, 4.69) is 6.08 Å². The van der Waals surface area contributed by atoms with Gasteiger partial charge in [-0.15, -0.1) is 12.4 Å². The number of ether oxygens (including phenoxy) is 1. The number of rotatable bonds is 5. The molecular formula is C23H27ClN2O5S. The number of benzene rings is 2. The monoisotopic (exact) mass is 478 g/mol. The molecule has 2 aromatic rings. The van der Waals surface area contributed by atoms with E-state index in [-0.39, 0.29) is 19.0 Å². The Morgan fingerprint density at radius 3 is 2.34 bits per heavy atom. The second-order valence-corrected chi connectivity index (χ2v) is 10.2. The number of hydrogen-bond donors (Lipinski definition) is 1. The maximum absolute atomic E-state index is 11.8. The summed E-state index contributed by atoms with van der Waals surface area (Å²) in [6, 6.07) is 15.4. The fourth-order valence-corrected chi connectivity index (χ4v) is 4.68. The van der Waals surface area contributed by atoms with Gasteiger partial charge >= 0.3 is 5.97 Å². The van der Waals surface area contributed by atoms with Crippen LogP contribution in [0, 0.1) is 0 Å². The lowest BCUT2D eigenvalue weighted by Crippen LogP contribution is -2.49. The fraction of sp³-hybridized carbons (Fsp3) is 0.348. The van der Waals surface area contributed by atoms with Gasteiger partial charge in [0.05, 0.1) is 18.5 Å². The van der Waals surface area contributed by atoms with Crippen LogP contribution in [0.4, 0.5) is 5.69 Å². The van der Waals surface area contributed by atoms with E-state index >= 15 is 0 Å². The molecule has 0 amide bonds. The zero-order valence-electron chi connectivity index (χ0n) is 18.0. The lowest BCUT2D eigenvalue weighted by molar-refractivity contribution is -0.139. The van der Waals surface area contributed by atoms with E-state index in [1.54, 1.807) is 12.1 Å². The number of hydrogen-bond acceptors (Lipinski definition) is 5. The van der Waals surface area contributed by atoms with Crippen molar-refractivity contribution in [2.45, 2.75) is 18.4 Å². The van der Waals surface area contributed by atoms with Crippen molar-refractivity contribution in [1.29, 1.82) is 0 Å². The average molecular weight is 479 g/mol. The lowest BCUT2D eigenvalue weighted by Gasteiger charge is -2.42. The highest BCUT2D eigenvalue weighted by Gasteiger charge is 2.39. The van der Waals surface area contributed by atoms with E-state index in [1.807, 2.05) is 41.3 Å². The number of nitrogens with zero attached hydrogens (tertiary/aromatic N) is 2. The Morgan fingerprint density at radius 2 is 1.75 bits per heavy atom. The van der Waals surface area contributed by atoms with Crippen molar-refractivity contribution >= 4 is 39.7 Å². The topological polar surface area (TPSA) is 87.2 Å². The highest BCUT2D eigenvalue weighted by Crippen LogP contribution is 2.43. The number of halogens is 1. The summed E-state index contributed by atoms with van der Waals surface area (Å²) in [6.45, 7) is 1.34. The quantitative estimate of drug-likeness (QED) is 0.709. The fourth-order valence-electron chi connectivity index (χ4n) is 4.18. The van der Waals surface area contributed by atoms with E-state index in [4.69, 9.17) is 9.84 Å². The van der Waals surface area contributed by atoms with Crippen molar-refractivity contribution in [3.63, 3.8) is 0 Å². The molecule has 1 spiro atoms. The summed E-state index contributed by atoms with van der Waals surface area (Å²) in [5, 5.41) is 9.07. The molecule has 7 nitrogen and oxygen atoms in total. The summed E-state index contributed by atoms with van der Waals surface area (Å²) in [6.07, 6.45) is 4.74. The Kier molecular flexibility index (Phi) is 6.88. The second kappa shape index (κ2) is 9.13. The zero-order valence-corrected chi connectivity index (χ0v) is 19.7. The van der Waals surface area contributed by atoms with Gasteiger partial charge in [0.1, 0.15) is 11.4 Å². The molecule has 2 aliphatic rings. The van der Waals surface area contributed by atoms with Crippen LogP contribution in [0.25, 0.3) is 5.57 Å². The summed E-state index contributed by atoms with van der Waals surface area (Å²) >= 11 is 0. The van der Waals surface area contributed by atoms with Crippen molar-refractivity contribution in [3.05, 3.63) is 65.7 Å². The lowest BCUT2D eigenvalue weighted by atomic mass is 9.83. The van der Waals surface area contributed by atoms with E-state index in [1.165, 1.54) is 17.6 Å². The molecule has 0 radical (unpaired) electrons. The maximum Gasteiger partial charge on any atom is 0.317 e. The van der Waals surface area contributed by atoms with Gasteiger partial charge in [0.2, 0.25) is 10.0 Å². The van der Waals surface area contributed by atoms with Gasteiger partial charge in [-0.3, -0.25) is 14.0 Å². The molecule has 1 fully saturated rings. The van der Waals surface area contributed by atoms with Gasteiger partial charge in [-0.25, -0.2) is 8.42 Å². The predicted octanol–water partition coefficient (Wildman–Crippen LogP) is 3.25. The van der Waals surface area contributed by atoms with Gasteiger partial charge in [-0.2, -0.15) is 0 Å². The number of anilines is 1. The Balaban J connectivity index is 0.00000289. The van der Waals surface area contributed by atoms with Crippen LogP contribution in [0.3, 0.4) is 0 Å². The summed E-state index contributed by atoms with van der Waals surface area (Å²) in [5.74, 6) is -0.00902. The largest absolute Gasteiger partial charge is 0.482 e. The molecule has 1 saturated heterocycles. The van der Waals surface area contributed by atoms with E-state index in [0.717, 1.165) is 22.4 Å². The molecule has 0 aliphatic carbocycles.